The van der Waals surface area contributed by atoms with Crippen molar-refractivity contribution in [2.45, 2.75) is 270 Å². The summed E-state index contributed by atoms with van der Waals surface area (Å²) in [5.41, 5.74) is 0. The third-order valence-corrected chi connectivity index (χ3v) is 11.9. The fourth-order valence-electron chi connectivity index (χ4n) is 7.81. The standard InChI is InChI=1S/C58H103NO3/c1-3-5-7-9-11-13-15-17-19-21-23-25-27-28-29-30-32-34-36-38-40-42-44-46-48-50-52-54-58(62)59-56(55-60)57(61)53-51-49-47-45-43-41-39-37-35-33-31-26-24-22-20-18-16-14-12-10-8-6-4-2/h5,7,11,13,17,19,23,25,28-29,43,45,51,53,56-57,60-61H,3-4,6,8-10,12,14-16,18,20-22,24,26-27,30-42,44,46-50,52,54-55H2,1-2H3,(H,59,62)/b7-5-,13-11-,19-17-,25-23-,29-28-,45-43+,53-51+. The highest BCUT2D eigenvalue weighted by Crippen LogP contribution is 2.16. The lowest BCUT2D eigenvalue weighted by Gasteiger charge is -2.19. The number of rotatable bonds is 48. The van der Waals surface area contributed by atoms with Gasteiger partial charge in [0.05, 0.1) is 18.8 Å². The average molecular weight is 862 g/mol. The van der Waals surface area contributed by atoms with Crippen molar-refractivity contribution in [3.63, 3.8) is 0 Å². The lowest BCUT2D eigenvalue weighted by Crippen LogP contribution is -2.45. The van der Waals surface area contributed by atoms with E-state index < -0.39 is 12.1 Å². The number of unbranched alkanes of at least 4 members (excludes halogenated alkanes) is 29. The molecule has 1 amide bonds. The Morgan fingerprint density at radius 1 is 0.403 bits per heavy atom. The van der Waals surface area contributed by atoms with Gasteiger partial charge in [-0.2, -0.15) is 0 Å². The molecule has 0 aromatic carbocycles. The summed E-state index contributed by atoms with van der Waals surface area (Å²) in [6.07, 6.45) is 77.3. The molecule has 0 aliphatic carbocycles. The Morgan fingerprint density at radius 2 is 0.726 bits per heavy atom. The molecule has 0 saturated carbocycles. The Morgan fingerprint density at radius 3 is 1.13 bits per heavy atom. The van der Waals surface area contributed by atoms with Crippen molar-refractivity contribution in [2.24, 2.45) is 0 Å². The molecule has 62 heavy (non-hydrogen) atoms. The van der Waals surface area contributed by atoms with Crippen LogP contribution in [0.5, 0.6) is 0 Å². The van der Waals surface area contributed by atoms with E-state index in [9.17, 15) is 15.0 Å². The van der Waals surface area contributed by atoms with Gasteiger partial charge in [0.2, 0.25) is 5.91 Å². The lowest BCUT2D eigenvalue weighted by atomic mass is 10.0. The summed E-state index contributed by atoms with van der Waals surface area (Å²) in [5.74, 6) is -0.0786. The highest BCUT2D eigenvalue weighted by atomic mass is 16.3. The quantitative estimate of drug-likeness (QED) is 0.0422. The van der Waals surface area contributed by atoms with Crippen molar-refractivity contribution in [3.8, 4) is 0 Å². The maximum atomic E-state index is 12.5. The number of aliphatic hydroxyl groups is 2. The number of aliphatic hydroxyl groups excluding tert-OH is 2. The van der Waals surface area contributed by atoms with E-state index in [1.165, 1.54) is 173 Å². The van der Waals surface area contributed by atoms with Crippen molar-refractivity contribution in [1.29, 1.82) is 0 Å². The van der Waals surface area contributed by atoms with Gasteiger partial charge >= 0.3 is 0 Å². The van der Waals surface area contributed by atoms with Crippen LogP contribution in [-0.2, 0) is 4.79 Å². The van der Waals surface area contributed by atoms with Crippen molar-refractivity contribution in [3.05, 3.63) is 85.1 Å². The van der Waals surface area contributed by atoms with Gasteiger partial charge in [0.25, 0.3) is 0 Å². The number of hydrogen-bond acceptors (Lipinski definition) is 3. The second-order valence-corrected chi connectivity index (χ2v) is 17.9. The molecule has 0 heterocycles. The first-order valence-corrected chi connectivity index (χ1v) is 26.8. The molecule has 4 heteroatoms. The number of nitrogens with one attached hydrogen (secondary N) is 1. The van der Waals surface area contributed by atoms with Crippen molar-refractivity contribution in [2.75, 3.05) is 6.61 Å². The Balaban J connectivity index is 3.58. The first-order valence-electron chi connectivity index (χ1n) is 26.8. The molecule has 0 aliphatic rings. The van der Waals surface area contributed by atoms with Gasteiger partial charge in [-0.3, -0.25) is 4.79 Å². The lowest BCUT2D eigenvalue weighted by molar-refractivity contribution is -0.123. The minimum atomic E-state index is -0.869. The van der Waals surface area contributed by atoms with Crippen LogP contribution < -0.4 is 5.32 Å². The van der Waals surface area contributed by atoms with Crippen LogP contribution in [0.1, 0.15) is 258 Å². The van der Waals surface area contributed by atoms with E-state index in [1.807, 2.05) is 6.08 Å². The number of hydrogen-bond donors (Lipinski definition) is 3. The van der Waals surface area contributed by atoms with E-state index in [-0.39, 0.29) is 12.5 Å². The van der Waals surface area contributed by atoms with Gasteiger partial charge < -0.3 is 15.5 Å². The van der Waals surface area contributed by atoms with Crippen molar-refractivity contribution in [1.82, 2.24) is 5.32 Å². The second kappa shape index (κ2) is 52.9. The molecule has 0 saturated heterocycles. The molecule has 2 unspecified atom stereocenters. The van der Waals surface area contributed by atoms with Crippen LogP contribution in [0.3, 0.4) is 0 Å². The molecule has 358 valence electrons. The molecule has 0 bridgehead atoms. The summed E-state index contributed by atoms with van der Waals surface area (Å²) < 4.78 is 0. The van der Waals surface area contributed by atoms with E-state index in [0.717, 1.165) is 64.2 Å². The SMILES string of the molecule is CC/C=C\C/C=C\C/C=C\C/C=C\C/C=C\CCCCCCCCCCCCCC(=O)NC(CO)C(O)/C=C/CC/C=C/CCCCCCCCCCCCCCCCCCC. The molecule has 3 N–H and O–H groups in total. The molecule has 4 nitrogen and oxygen atoms in total. The summed E-state index contributed by atoms with van der Waals surface area (Å²) in [6.45, 7) is 4.20. The predicted octanol–water partition coefficient (Wildman–Crippen LogP) is 17.6. The van der Waals surface area contributed by atoms with Crippen LogP contribution in [0.2, 0.25) is 0 Å². The first kappa shape index (κ1) is 59.6. The minimum Gasteiger partial charge on any atom is -0.394 e. The number of allylic oxidation sites excluding steroid dienone is 13. The largest absolute Gasteiger partial charge is 0.394 e. The predicted molar refractivity (Wildman–Crippen MR) is 276 cm³/mol. The summed E-state index contributed by atoms with van der Waals surface area (Å²) in [4.78, 5) is 12.5. The zero-order valence-corrected chi connectivity index (χ0v) is 41.1. The van der Waals surface area contributed by atoms with Crippen LogP contribution in [0.4, 0.5) is 0 Å². The van der Waals surface area contributed by atoms with Gasteiger partial charge in [-0.25, -0.2) is 0 Å². The maximum Gasteiger partial charge on any atom is 0.220 e. The zero-order valence-electron chi connectivity index (χ0n) is 41.1. The summed E-state index contributed by atoms with van der Waals surface area (Å²) >= 11 is 0. The van der Waals surface area contributed by atoms with Crippen LogP contribution in [0.15, 0.2) is 85.1 Å². The third kappa shape index (κ3) is 48.6. The van der Waals surface area contributed by atoms with Gasteiger partial charge in [0.1, 0.15) is 0 Å². The minimum absolute atomic E-state index is 0.0786. The second-order valence-electron chi connectivity index (χ2n) is 17.9. The van der Waals surface area contributed by atoms with Crippen LogP contribution in [0, 0.1) is 0 Å². The monoisotopic (exact) mass is 862 g/mol. The van der Waals surface area contributed by atoms with Crippen LogP contribution in [0.25, 0.3) is 0 Å². The van der Waals surface area contributed by atoms with Crippen LogP contribution in [-0.4, -0.2) is 34.9 Å². The molecule has 0 aliphatic heterocycles. The van der Waals surface area contributed by atoms with E-state index in [0.29, 0.717) is 6.42 Å². The Kier molecular flexibility index (Phi) is 50.8. The maximum absolute atomic E-state index is 12.5. The molecule has 0 aromatic heterocycles. The van der Waals surface area contributed by atoms with E-state index >= 15 is 0 Å². The van der Waals surface area contributed by atoms with Gasteiger partial charge in [0, 0.05) is 6.42 Å². The fourth-order valence-corrected chi connectivity index (χ4v) is 7.81. The highest BCUT2D eigenvalue weighted by molar-refractivity contribution is 5.76. The Bertz CT molecular complexity index is 1110. The van der Waals surface area contributed by atoms with E-state index in [4.69, 9.17) is 0 Å². The normalized spacial score (nSPS) is 13.5. The number of carbonyl (C=O) groups is 1. The number of carbonyl (C=O) groups excluding carboxylic acids is 1. The molecule has 0 aromatic rings. The molecular weight excluding hydrogens is 759 g/mol. The summed E-state index contributed by atoms with van der Waals surface area (Å²) in [7, 11) is 0. The van der Waals surface area contributed by atoms with Crippen LogP contribution >= 0.6 is 0 Å². The third-order valence-electron chi connectivity index (χ3n) is 11.9. The first-order chi connectivity index (χ1) is 30.7. The van der Waals surface area contributed by atoms with Gasteiger partial charge in [-0.15, -0.1) is 0 Å². The van der Waals surface area contributed by atoms with Crippen molar-refractivity contribution >= 4 is 5.91 Å². The topological polar surface area (TPSA) is 69.6 Å². The Hall–Kier alpha value is -2.43. The average Bonchev–Trinajstić information content (AvgIpc) is 3.28. The fraction of sp³-hybridized carbons (Fsp3) is 0.741. The molecule has 0 rings (SSSR count). The highest BCUT2D eigenvalue weighted by Gasteiger charge is 2.17. The number of amides is 1. The summed E-state index contributed by atoms with van der Waals surface area (Å²) in [5, 5.41) is 23.1. The van der Waals surface area contributed by atoms with Gasteiger partial charge in [-0.05, 0) is 77.0 Å². The summed E-state index contributed by atoms with van der Waals surface area (Å²) in [6, 6.07) is -0.646. The molecule has 0 fully saturated rings. The molecule has 0 spiro atoms. The van der Waals surface area contributed by atoms with E-state index in [1.54, 1.807) is 6.08 Å². The Labute approximate surface area is 386 Å². The van der Waals surface area contributed by atoms with Gasteiger partial charge in [-0.1, -0.05) is 259 Å². The zero-order chi connectivity index (χ0) is 44.9. The molecule has 0 radical (unpaired) electrons. The molecular formula is C58H103NO3. The smallest absolute Gasteiger partial charge is 0.220 e. The van der Waals surface area contributed by atoms with E-state index in [2.05, 4.69) is 92.1 Å². The van der Waals surface area contributed by atoms with Crippen molar-refractivity contribution < 1.29 is 15.0 Å². The molecule has 2 atom stereocenters. The van der Waals surface area contributed by atoms with Gasteiger partial charge in [0.15, 0.2) is 0 Å².